The molecule has 0 aromatic heterocycles. The summed E-state index contributed by atoms with van der Waals surface area (Å²) >= 11 is 0. The number of carboxylic acids is 1. The van der Waals surface area contributed by atoms with E-state index in [1.54, 1.807) is 0 Å². The van der Waals surface area contributed by atoms with Crippen molar-refractivity contribution in [2.24, 2.45) is 17.8 Å². The Bertz CT molecular complexity index is 383. The van der Waals surface area contributed by atoms with Crippen molar-refractivity contribution < 1.29 is 14.7 Å². The minimum atomic E-state index is -0.747. The molecule has 1 heterocycles. The SMILES string of the molecule is CC1CN(C(=O)C2CCCC(C(=O)O)C2)CC1N(C)C. The Labute approximate surface area is 120 Å². The third kappa shape index (κ3) is 3.14. The summed E-state index contributed by atoms with van der Waals surface area (Å²) in [5.74, 6) is -0.510. The van der Waals surface area contributed by atoms with Gasteiger partial charge in [0.25, 0.3) is 0 Å². The number of likely N-dealkylation sites (tertiary alicyclic amines) is 1. The predicted octanol–water partition coefficient (Wildman–Crippen LogP) is 1.29. The van der Waals surface area contributed by atoms with Gasteiger partial charge in [-0.2, -0.15) is 0 Å². The molecule has 0 aromatic rings. The van der Waals surface area contributed by atoms with Gasteiger partial charge in [0.15, 0.2) is 0 Å². The molecule has 1 aliphatic carbocycles. The van der Waals surface area contributed by atoms with Gasteiger partial charge in [0, 0.05) is 25.0 Å². The quantitative estimate of drug-likeness (QED) is 0.847. The first-order chi connectivity index (χ1) is 9.40. The largest absolute Gasteiger partial charge is 0.481 e. The van der Waals surface area contributed by atoms with E-state index >= 15 is 0 Å². The van der Waals surface area contributed by atoms with Gasteiger partial charge in [-0.15, -0.1) is 0 Å². The zero-order valence-electron chi connectivity index (χ0n) is 12.7. The van der Waals surface area contributed by atoms with Crippen molar-refractivity contribution in [2.75, 3.05) is 27.2 Å². The molecule has 5 nitrogen and oxygen atoms in total. The molecule has 1 saturated carbocycles. The van der Waals surface area contributed by atoms with Crippen LogP contribution in [0.2, 0.25) is 0 Å². The maximum absolute atomic E-state index is 12.6. The molecule has 4 unspecified atom stereocenters. The molecule has 5 heteroatoms. The number of aliphatic carboxylic acids is 1. The molecule has 0 radical (unpaired) electrons. The van der Waals surface area contributed by atoms with E-state index in [9.17, 15) is 9.59 Å². The highest BCUT2D eigenvalue weighted by Crippen LogP contribution is 2.32. The Morgan fingerprint density at radius 2 is 1.80 bits per heavy atom. The van der Waals surface area contributed by atoms with Crippen molar-refractivity contribution in [3.8, 4) is 0 Å². The highest BCUT2D eigenvalue weighted by molar-refractivity contribution is 5.80. The Morgan fingerprint density at radius 3 is 2.35 bits per heavy atom. The van der Waals surface area contributed by atoms with E-state index in [2.05, 4.69) is 25.9 Å². The molecule has 1 aliphatic heterocycles. The van der Waals surface area contributed by atoms with Crippen LogP contribution in [0.15, 0.2) is 0 Å². The van der Waals surface area contributed by atoms with Crippen LogP contribution in [0.25, 0.3) is 0 Å². The van der Waals surface area contributed by atoms with Gasteiger partial charge in [-0.3, -0.25) is 9.59 Å². The summed E-state index contributed by atoms with van der Waals surface area (Å²) in [5, 5.41) is 9.13. The first-order valence-electron chi connectivity index (χ1n) is 7.58. The van der Waals surface area contributed by atoms with E-state index in [-0.39, 0.29) is 17.7 Å². The lowest BCUT2D eigenvalue weighted by molar-refractivity contribution is -0.145. The van der Waals surface area contributed by atoms with E-state index in [1.165, 1.54) is 0 Å². The molecule has 20 heavy (non-hydrogen) atoms. The first-order valence-corrected chi connectivity index (χ1v) is 7.58. The van der Waals surface area contributed by atoms with Gasteiger partial charge in [0.2, 0.25) is 5.91 Å². The van der Waals surface area contributed by atoms with Gasteiger partial charge in [-0.1, -0.05) is 13.3 Å². The van der Waals surface area contributed by atoms with Crippen molar-refractivity contribution >= 4 is 11.9 Å². The molecule has 2 rings (SSSR count). The predicted molar refractivity (Wildman–Crippen MR) is 76.3 cm³/mol. The second-order valence-corrected chi connectivity index (χ2v) is 6.65. The van der Waals surface area contributed by atoms with Crippen LogP contribution in [0.5, 0.6) is 0 Å². The maximum Gasteiger partial charge on any atom is 0.306 e. The van der Waals surface area contributed by atoms with Crippen molar-refractivity contribution in [1.82, 2.24) is 9.80 Å². The third-order valence-corrected chi connectivity index (χ3v) is 4.92. The molecular formula is C15H26N2O3. The summed E-state index contributed by atoms with van der Waals surface area (Å²) in [4.78, 5) is 27.8. The fraction of sp³-hybridized carbons (Fsp3) is 0.867. The lowest BCUT2D eigenvalue weighted by atomic mass is 9.81. The summed E-state index contributed by atoms with van der Waals surface area (Å²) in [5.41, 5.74) is 0. The number of carboxylic acid groups (broad SMARTS) is 1. The van der Waals surface area contributed by atoms with Crippen LogP contribution in [0.1, 0.15) is 32.6 Å². The lowest BCUT2D eigenvalue weighted by Crippen LogP contribution is -2.40. The monoisotopic (exact) mass is 282 g/mol. The number of hydrogen-bond acceptors (Lipinski definition) is 3. The second kappa shape index (κ2) is 6.12. The number of hydrogen-bond donors (Lipinski definition) is 1. The normalized spacial score (nSPS) is 34.5. The van der Waals surface area contributed by atoms with Crippen LogP contribution < -0.4 is 0 Å². The Kier molecular flexibility index (Phi) is 4.68. The molecular weight excluding hydrogens is 256 g/mol. The molecule has 1 amide bonds. The minimum absolute atomic E-state index is 0.0852. The van der Waals surface area contributed by atoms with Crippen LogP contribution in [0, 0.1) is 17.8 Å². The summed E-state index contributed by atoms with van der Waals surface area (Å²) in [6.45, 7) is 3.76. The molecule has 2 fully saturated rings. The molecule has 0 bridgehead atoms. The number of carbonyl (C=O) groups is 2. The van der Waals surface area contributed by atoms with Gasteiger partial charge in [0.05, 0.1) is 5.92 Å². The Hall–Kier alpha value is -1.10. The molecule has 114 valence electrons. The van der Waals surface area contributed by atoms with Gasteiger partial charge in [-0.25, -0.2) is 0 Å². The molecule has 0 aromatic carbocycles. The minimum Gasteiger partial charge on any atom is -0.481 e. The van der Waals surface area contributed by atoms with Crippen LogP contribution in [-0.2, 0) is 9.59 Å². The zero-order valence-corrected chi connectivity index (χ0v) is 12.7. The average Bonchev–Trinajstić information content (AvgIpc) is 2.80. The van der Waals surface area contributed by atoms with Crippen molar-refractivity contribution in [1.29, 1.82) is 0 Å². The van der Waals surface area contributed by atoms with E-state index in [0.717, 1.165) is 32.4 Å². The number of amides is 1. The topological polar surface area (TPSA) is 60.9 Å². The van der Waals surface area contributed by atoms with Crippen molar-refractivity contribution in [2.45, 2.75) is 38.6 Å². The standard InChI is InChI=1S/C15H26N2O3/c1-10-8-17(9-13(10)16(2)3)14(18)11-5-4-6-12(7-11)15(19)20/h10-13H,4-9H2,1-3H3,(H,19,20). The molecule has 1 saturated heterocycles. The highest BCUT2D eigenvalue weighted by atomic mass is 16.4. The van der Waals surface area contributed by atoms with Gasteiger partial charge in [0.1, 0.15) is 0 Å². The summed E-state index contributed by atoms with van der Waals surface area (Å²) in [6.07, 6.45) is 2.94. The molecule has 4 atom stereocenters. The van der Waals surface area contributed by atoms with Crippen LogP contribution in [0.4, 0.5) is 0 Å². The Morgan fingerprint density at radius 1 is 1.15 bits per heavy atom. The van der Waals surface area contributed by atoms with Crippen LogP contribution in [0.3, 0.4) is 0 Å². The fourth-order valence-electron chi connectivity index (χ4n) is 3.70. The summed E-state index contributed by atoms with van der Waals surface area (Å²) < 4.78 is 0. The summed E-state index contributed by atoms with van der Waals surface area (Å²) in [6, 6.07) is 0.415. The maximum atomic E-state index is 12.6. The lowest BCUT2D eigenvalue weighted by Gasteiger charge is -2.29. The molecule has 0 spiro atoms. The van der Waals surface area contributed by atoms with E-state index < -0.39 is 5.97 Å². The van der Waals surface area contributed by atoms with Crippen LogP contribution in [-0.4, -0.2) is 60.0 Å². The smallest absolute Gasteiger partial charge is 0.306 e. The number of nitrogens with zero attached hydrogens (tertiary/aromatic N) is 2. The molecule has 2 aliphatic rings. The number of likely N-dealkylation sites (N-methyl/N-ethyl adjacent to an activating group) is 1. The zero-order chi connectivity index (χ0) is 14.9. The van der Waals surface area contributed by atoms with Crippen LogP contribution >= 0.6 is 0 Å². The van der Waals surface area contributed by atoms with Crippen molar-refractivity contribution in [3.05, 3.63) is 0 Å². The average molecular weight is 282 g/mol. The first kappa shape index (κ1) is 15.3. The summed E-state index contributed by atoms with van der Waals surface area (Å²) in [7, 11) is 4.10. The van der Waals surface area contributed by atoms with Crippen molar-refractivity contribution in [3.63, 3.8) is 0 Å². The fourth-order valence-corrected chi connectivity index (χ4v) is 3.70. The van der Waals surface area contributed by atoms with Gasteiger partial charge in [-0.05, 0) is 39.3 Å². The highest BCUT2D eigenvalue weighted by Gasteiger charge is 2.38. The van der Waals surface area contributed by atoms with Gasteiger partial charge < -0.3 is 14.9 Å². The number of carbonyl (C=O) groups excluding carboxylic acids is 1. The van der Waals surface area contributed by atoms with E-state index in [1.807, 2.05) is 4.90 Å². The second-order valence-electron chi connectivity index (χ2n) is 6.65. The number of rotatable bonds is 3. The van der Waals surface area contributed by atoms with E-state index in [4.69, 9.17) is 5.11 Å². The molecule has 1 N–H and O–H groups in total. The van der Waals surface area contributed by atoms with Gasteiger partial charge >= 0.3 is 5.97 Å². The van der Waals surface area contributed by atoms with E-state index in [0.29, 0.717) is 18.4 Å². The third-order valence-electron chi connectivity index (χ3n) is 4.92. The Balaban J connectivity index is 1.96.